The first-order valence-corrected chi connectivity index (χ1v) is 5.72. The predicted molar refractivity (Wildman–Crippen MR) is 70.6 cm³/mol. The minimum absolute atomic E-state index is 0.492. The average Bonchev–Trinajstić information content (AvgIpc) is 2.37. The molecule has 0 bridgehead atoms. The van der Waals surface area contributed by atoms with Gasteiger partial charge in [0.05, 0.1) is 5.69 Å². The summed E-state index contributed by atoms with van der Waals surface area (Å²) in [7, 11) is 0. The second kappa shape index (κ2) is 5.46. The molecule has 0 amide bonds. The maximum absolute atomic E-state index is 5.50. The molecule has 0 atom stereocenters. The van der Waals surface area contributed by atoms with Crippen LogP contribution < -0.4 is 11.1 Å². The van der Waals surface area contributed by atoms with Gasteiger partial charge >= 0.3 is 0 Å². The molecule has 0 aliphatic carbocycles. The van der Waals surface area contributed by atoms with Gasteiger partial charge in [-0.3, -0.25) is 4.98 Å². The van der Waals surface area contributed by atoms with Crippen LogP contribution in [0.3, 0.4) is 0 Å². The maximum atomic E-state index is 5.50. The van der Waals surface area contributed by atoms with Gasteiger partial charge in [-0.15, -0.1) is 0 Å². The minimum Gasteiger partial charge on any atom is -0.381 e. The number of aryl methyl sites for hydroxylation is 1. The van der Waals surface area contributed by atoms with E-state index in [-0.39, 0.29) is 0 Å². The lowest BCUT2D eigenvalue weighted by Gasteiger charge is -2.07. The van der Waals surface area contributed by atoms with E-state index in [2.05, 4.69) is 41.5 Å². The van der Waals surface area contributed by atoms with Crippen LogP contribution in [0.25, 0.3) is 0 Å². The highest BCUT2D eigenvalue weighted by molar-refractivity contribution is 5.45. The number of hydrogen-bond donors (Lipinski definition) is 2. The normalized spacial score (nSPS) is 10.2. The van der Waals surface area contributed by atoms with Crippen LogP contribution >= 0.6 is 0 Å². The van der Waals surface area contributed by atoms with E-state index < -0.39 is 0 Å². The van der Waals surface area contributed by atoms with Gasteiger partial charge in [-0.2, -0.15) is 0 Å². The number of nitrogens with zero attached hydrogens (tertiary/aromatic N) is 1. The molecule has 0 fully saturated rings. The van der Waals surface area contributed by atoms with Crippen molar-refractivity contribution in [1.82, 2.24) is 4.98 Å². The van der Waals surface area contributed by atoms with Gasteiger partial charge in [0.25, 0.3) is 0 Å². The van der Waals surface area contributed by atoms with Gasteiger partial charge in [-0.05, 0) is 36.2 Å². The fraction of sp³-hybridized carbons (Fsp3) is 0.214. The molecule has 0 aliphatic heterocycles. The number of hydrogen-bond acceptors (Lipinski definition) is 3. The molecule has 2 aromatic rings. The van der Waals surface area contributed by atoms with Crippen molar-refractivity contribution in [1.29, 1.82) is 0 Å². The Bertz CT molecular complexity index is 477. The van der Waals surface area contributed by atoms with Crippen molar-refractivity contribution in [3.8, 4) is 0 Å². The smallest absolute Gasteiger partial charge is 0.0539 e. The van der Waals surface area contributed by atoms with E-state index in [1.54, 1.807) is 0 Å². The highest BCUT2D eigenvalue weighted by Gasteiger charge is 1.96. The monoisotopic (exact) mass is 227 g/mol. The summed E-state index contributed by atoms with van der Waals surface area (Å²) in [5.41, 5.74) is 9.97. The van der Waals surface area contributed by atoms with Crippen LogP contribution in [0.5, 0.6) is 0 Å². The van der Waals surface area contributed by atoms with E-state index >= 15 is 0 Å². The highest BCUT2D eigenvalue weighted by atomic mass is 14.9. The molecule has 3 heteroatoms. The first-order valence-electron chi connectivity index (χ1n) is 5.72. The SMILES string of the molecule is Cc1cccc(NCc2ccc(CN)nc2)c1. The third-order valence-electron chi connectivity index (χ3n) is 2.61. The van der Waals surface area contributed by atoms with Crippen LogP contribution in [0.2, 0.25) is 0 Å². The zero-order valence-electron chi connectivity index (χ0n) is 9.98. The zero-order valence-corrected chi connectivity index (χ0v) is 9.98. The van der Waals surface area contributed by atoms with Crippen LogP contribution in [-0.4, -0.2) is 4.98 Å². The Kier molecular flexibility index (Phi) is 3.73. The lowest BCUT2D eigenvalue weighted by Crippen LogP contribution is -2.03. The van der Waals surface area contributed by atoms with Crippen LogP contribution in [0, 0.1) is 6.92 Å². The largest absolute Gasteiger partial charge is 0.381 e. The second-order valence-electron chi connectivity index (χ2n) is 4.08. The Labute approximate surface area is 102 Å². The highest BCUT2D eigenvalue weighted by Crippen LogP contribution is 2.11. The molecule has 0 aliphatic rings. The number of anilines is 1. The van der Waals surface area contributed by atoms with Crippen LogP contribution in [0.4, 0.5) is 5.69 Å². The molecule has 2 rings (SSSR count). The number of nitrogens with one attached hydrogen (secondary N) is 1. The average molecular weight is 227 g/mol. The van der Waals surface area contributed by atoms with E-state index in [4.69, 9.17) is 5.73 Å². The summed E-state index contributed by atoms with van der Waals surface area (Å²) in [5, 5.41) is 3.37. The summed E-state index contributed by atoms with van der Waals surface area (Å²) in [4.78, 5) is 4.26. The Morgan fingerprint density at radius 3 is 2.76 bits per heavy atom. The molecule has 0 saturated carbocycles. The van der Waals surface area contributed by atoms with E-state index in [1.165, 1.54) is 5.56 Å². The molecule has 0 radical (unpaired) electrons. The Morgan fingerprint density at radius 1 is 1.24 bits per heavy atom. The first kappa shape index (κ1) is 11.6. The molecule has 3 nitrogen and oxygen atoms in total. The van der Waals surface area contributed by atoms with E-state index in [9.17, 15) is 0 Å². The van der Waals surface area contributed by atoms with E-state index in [0.717, 1.165) is 23.5 Å². The van der Waals surface area contributed by atoms with Gasteiger partial charge < -0.3 is 11.1 Å². The van der Waals surface area contributed by atoms with Gasteiger partial charge in [0, 0.05) is 25.0 Å². The van der Waals surface area contributed by atoms with Crippen LogP contribution in [-0.2, 0) is 13.1 Å². The standard InChI is InChI=1S/C14H17N3/c1-11-3-2-4-13(7-11)16-9-12-5-6-14(8-15)17-10-12/h2-7,10,16H,8-9,15H2,1H3. The summed E-state index contributed by atoms with van der Waals surface area (Å²) in [6.45, 7) is 3.36. The summed E-state index contributed by atoms with van der Waals surface area (Å²) < 4.78 is 0. The van der Waals surface area contributed by atoms with Gasteiger partial charge in [0.15, 0.2) is 0 Å². The zero-order chi connectivity index (χ0) is 12.1. The summed E-state index contributed by atoms with van der Waals surface area (Å²) in [5.74, 6) is 0. The van der Waals surface area contributed by atoms with Crippen molar-refractivity contribution in [2.45, 2.75) is 20.0 Å². The van der Waals surface area contributed by atoms with Gasteiger partial charge in [0.1, 0.15) is 0 Å². The molecule has 1 aromatic carbocycles. The molecule has 0 saturated heterocycles. The van der Waals surface area contributed by atoms with Crippen LogP contribution in [0.1, 0.15) is 16.8 Å². The van der Waals surface area contributed by atoms with Crippen molar-refractivity contribution in [2.24, 2.45) is 5.73 Å². The number of aromatic nitrogens is 1. The molecule has 0 spiro atoms. The topological polar surface area (TPSA) is 50.9 Å². The Balaban J connectivity index is 1.97. The van der Waals surface area contributed by atoms with Crippen LogP contribution in [0.15, 0.2) is 42.6 Å². The third-order valence-corrected chi connectivity index (χ3v) is 2.61. The lowest BCUT2D eigenvalue weighted by molar-refractivity contribution is 0.973. The number of pyridine rings is 1. The molecule has 17 heavy (non-hydrogen) atoms. The summed E-state index contributed by atoms with van der Waals surface area (Å²) in [6, 6.07) is 12.3. The number of benzene rings is 1. The molecular weight excluding hydrogens is 210 g/mol. The second-order valence-corrected chi connectivity index (χ2v) is 4.08. The van der Waals surface area contributed by atoms with E-state index in [1.807, 2.05) is 18.3 Å². The summed E-state index contributed by atoms with van der Waals surface area (Å²) in [6.07, 6.45) is 1.87. The van der Waals surface area contributed by atoms with Crippen molar-refractivity contribution in [3.05, 3.63) is 59.4 Å². The number of nitrogens with two attached hydrogens (primary N) is 1. The molecular formula is C14H17N3. The van der Waals surface area contributed by atoms with Crippen molar-refractivity contribution >= 4 is 5.69 Å². The quantitative estimate of drug-likeness (QED) is 0.843. The summed E-state index contributed by atoms with van der Waals surface area (Å²) >= 11 is 0. The predicted octanol–water partition coefficient (Wildman–Crippen LogP) is 2.46. The molecule has 1 heterocycles. The maximum Gasteiger partial charge on any atom is 0.0539 e. The van der Waals surface area contributed by atoms with Gasteiger partial charge in [-0.25, -0.2) is 0 Å². The fourth-order valence-electron chi connectivity index (χ4n) is 1.64. The Hall–Kier alpha value is -1.87. The fourth-order valence-corrected chi connectivity index (χ4v) is 1.64. The van der Waals surface area contributed by atoms with Crippen molar-refractivity contribution in [3.63, 3.8) is 0 Å². The molecule has 0 unspecified atom stereocenters. The first-order chi connectivity index (χ1) is 8.28. The van der Waals surface area contributed by atoms with E-state index in [0.29, 0.717) is 6.54 Å². The van der Waals surface area contributed by atoms with Crippen molar-refractivity contribution in [2.75, 3.05) is 5.32 Å². The lowest BCUT2D eigenvalue weighted by atomic mass is 10.2. The van der Waals surface area contributed by atoms with Gasteiger partial charge in [-0.1, -0.05) is 18.2 Å². The molecule has 88 valence electrons. The van der Waals surface area contributed by atoms with Crippen molar-refractivity contribution < 1.29 is 0 Å². The Morgan fingerprint density at radius 2 is 2.12 bits per heavy atom. The molecule has 3 N–H and O–H groups in total. The minimum atomic E-state index is 0.492. The third kappa shape index (κ3) is 3.29. The van der Waals surface area contributed by atoms with Gasteiger partial charge in [0.2, 0.25) is 0 Å². The molecule has 1 aromatic heterocycles. The number of rotatable bonds is 4.